The second-order valence-electron chi connectivity index (χ2n) is 4.29. The Hall–Kier alpha value is -1.62. The molecule has 1 saturated heterocycles. The van der Waals surface area contributed by atoms with E-state index >= 15 is 0 Å². The highest BCUT2D eigenvalue weighted by Gasteiger charge is 2.27. The number of carbonyl (C=O) groups excluding carboxylic acids is 1. The summed E-state index contributed by atoms with van der Waals surface area (Å²) in [7, 11) is 0. The minimum atomic E-state index is -1.12. The summed E-state index contributed by atoms with van der Waals surface area (Å²) in [5, 5.41) is 5.53. The number of alkyl carbamates (subject to hydrolysis) is 1. The van der Waals surface area contributed by atoms with Crippen LogP contribution in [0.4, 0.5) is 9.18 Å². The first kappa shape index (κ1) is 12.8. The SMILES string of the molecule is O=C(NCc1ccccc1)OC1CCNCC1F. The molecule has 2 rings (SSSR count). The van der Waals surface area contributed by atoms with Crippen molar-refractivity contribution in [3.8, 4) is 0 Å². The summed E-state index contributed by atoms with van der Waals surface area (Å²) in [5.41, 5.74) is 0.983. The predicted molar refractivity (Wildman–Crippen MR) is 65.9 cm³/mol. The van der Waals surface area contributed by atoms with E-state index in [9.17, 15) is 9.18 Å². The number of carbonyl (C=O) groups is 1. The van der Waals surface area contributed by atoms with E-state index in [2.05, 4.69) is 10.6 Å². The fourth-order valence-corrected chi connectivity index (χ4v) is 1.88. The number of rotatable bonds is 3. The smallest absolute Gasteiger partial charge is 0.407 e. The van der Waals surface area contributed by atoms with Gasteiger partial charge in [0.2, 0.25) is 0 Å². The Bertz CT molecular complexity index is 386. The van der Waals surface area contributed by atoms with Crippen molar-refractivity contribution in [3.63, 3.8) is 0 Å². The molecule has 1 aromatic rings. The lowest BCUT2D eigenvalue weighted by molar-refractivity contribution is 0.0267. The van der Waals surface area contributed by atoms with Crippen molar-refractivity contribution >= 4 is 6.09 Å². The zero-order valence-corrected chi connectivity index (χ0v) is 10.1. The molecule has 0 aromatic heterocycles. The van der Waals surface area contributed by atoms with Gasteiger partial charge < -0.3 is 15.4 Å². The number of hydrogen-bond donors (Lipinski definition) is 2. The summed E-state index contributed by atoms with van der Waals surface area (Å²) < 4.78 is 18.5. The van der Waals surface area contributed by atoms with Gasteiger partial charge in [0.1, 0.15) is 12.3 Å². The zero-order valence-electron chi connectivity index (χ0n) is 10.1. The normalized spacial score (nSPS) is 23.4. The van der Waals surface area contributed by atoms with Crippen LogP contribution in [0.1, 0.15) is 12.0 Å². The molecule has 0 radical (unpaired) electrons. The minimum absolute atomic E-state index is 0.247. The van der Waals surface area contributed by atoms with Crippen LogP contribution in [0.3, 0.4) is 0 Å². The summed E-state index contributed by atoms with van der Waals surface area (Å²) in [5.74, 6) is 0. The van der Waals surface area contributed by atoms with Crippen molar-refractivity contribution in [1.29, 1.82) is 0 Å². The number of halogens is 1. The van der Waals surface area contributed by atoms with E-state index in [0.717, 1.165) is 5.56 Å². The average molecular weight is 252 g/mol. The molecule has 1 amide bonds. The Labute approximate surface area is 106 Å². The molecule has 2 atom stereocenters. The van der Waals surface area contributed by atoms with Crippen LogP contribution in [-0.4, -0.2) is 31.5 Å². The fourth-order valence-electron chi connectivity index (χ4n) is 1.88. The van der Waals surface area contributed by atoms with Gasteiger partial charge in [-0.25, -0.2) is 9.18 Å². The fraction of sp³-hybridized carbons (Fsp3) is 0.462. The van der Waals surface area contributed by atoms with Crippen LogP contribution < -0.4 is 10.6 Å². The topological polar surface area (TPSA) is 50.4 Å². The number of hydrogen-bond acceptors (Lipinski definition) is 3. The Morgan fingerprint density at radius 1 is 1.44 bits per heavy atom. The summed E-state index contributed by atoms with van der Waals surface area (Å²) >= 11 is 0. The van der Waals surface area contributed by atoms with Gasteiger partial charge in [-0.05, 0) is 18.5 Å². The van der Waals surface area contributed by atoms with Crippen molar-refractivity contribution in [3.05, 3.63) is 35.9 Å². The van der Waals surface area contributed by atoms with Gasteiger partial charge in [-0.15, -0.1) is 0 Å². The van der Waals surface area contributed by atoms with E-state index in [1.807, 2.05) is 30.3 Å². The largest absolute Gasteiger partial charge is 0.443 e. The highest BCUT2D eigenvalue weighted by molar-refractivity contribution is 5.67. The van der Waals surface area contributed by atoms with Crippen LogP contribution in [0.15, 0.2) is 30.3 Å². The molecule has 1 aliphatic rings. The number of ether oxygens (including phenoxy) is 1. The van der Waals surface area contributed by atoms with Crippen molar-refractivity contribution in [2.24, 2.45) is 0 Å². The lowest BCUT2D eigenvalue weighted by Gasteiger charge is -2.26. The van der Waals surface area contributed by atoms with Gasteiger partial charge >= 0.3 is 6.09 Å². The standard InChI is InChI=1S/C13H17FN2O2/c14-11-9-15-7-6-12(11)18-13(17)16-8-10-4-2-1-3-5-10/h1-5,11-12,15H,6-9H2,(H,16,17). The number of piperidine rings is 1. The van der Waals surface area contributed by atoms with Crippen molar-refractivity contribution < 1.29 is 13.9 Å². The number of alkyl halides is 1. The van der Waals surface area contributed by atoms with Crippen LogP contribution in [0.5, 0.6) is 0 Å². The molecular formula is C13H17FN2O2. The van der Waals surface area contributed by atoms with E-state index in [4.69, 9.17) is 4.74 Å². The first-order chi connectivity index (χ1) is 8.75. The molecule has 1 fully saturated rings. The number of amides is 1. The molecule has 4 nitrogen and oxygen atoms in total. The van der Waals surface area contributed by atoms with Crippen LogP contribution >= 0.6 is 0 Å². The Balaban J connectivity index is 1.75. The van der Waals surface area contributed by atoms with Gasteiger partial charge in [-0.1, -0.05) is 30.3 Å². The van der Waals surface area contributed by atoms with Gasteiger partial charge in [0, 0.05) is 13.1 Å². The van der Waals surface area contributed by atoms with Crippen molar-refractivity contribution in [2.45, 2.75) is 25.2 Å². The first-order valence-corrected chi connectivity index (χ1v) is 6.09. The van der Waals surface area contributed by atoms with Gasteiger partial charge in [0.05, 0.1) is 0 Å². The second-order valence-corrected chi connectivity index (χ2v) is 4.29. The number of benzene rings is 1. The molecule has 98 valence electrons. The highest BCUT2D eigenvalue weighted by atomic mass is 19.1. The van der Waals surface area contributed by atoms with Gasteiger partial charge in [0.25, 0.3) is 0 Å². The highest BCUT2D eigenvalue weighted by Crippen LogP contribution is 2.11. The monoisotopic (exact) mass is 252 g/mol. The maximum atomic E-state index is 13.4. The molecular weight excluding hydrogens is 235 g/mol. The number of nitrogens with one attached hydrogen (secondary N) is 2. The van der Waals surface area contributed by atoms with Crippen molar-refractivity contribution in [1.82, 2.24) is 10.6 Å². The summed E-state index contributed by atoms with van der Waals surface area (Å²) in [6.07, 6.45) is -1.81. The van der Waals surface area contributed by atoms with Gasteiger partial charge in [0.15, 0.2) is 0 Å². The Kier molecular flexibility index (Phi) is 4.52. The van der Waals surface area contributed by atoms with E-state index in [1.54, 1.807) is 0 Å². The molecule has 1 heterocycles. The van der Waals surface area contributed by atoms with Crippen molar-refractivity contribution in [2.75, 3.05) is 13.1 Å². The molecule has 0 saturated carbocycles. The maximum absolute atomic E-state index is 13.4. The maximum Gasteiger partial charge on any atom is 0.407 e. The average Bonchev–Trinajstić information content (AvgIpc) is 2.40. The molecule has 2 N–H and O–H groups in total. The molecule has 1 aromatic carbocycles. The Morgan fingerprint density at radius 3 is 2.94 bits per heavy atom. The van der Waals surface area contributed by atoms with E-state index in [-0.39, 0.29) is 6.54 Å². The summed E-state index contributed by atoms with van der Waals surface area (Å²) in [6, 6.07) is 9.51. The van der Waals surface area contributed by atoms with Crippen LogP contribution in [0.2, 0.25) is 0 Å². The van der Waals surface area contributed by atoms with Gasteiger partial charge in [-0.2, -0.15) is 0 Å². The van der Waals surface area contributed by atoms with E-state index in [1.165, 1.54) is 0 Å². The second kappa shape index (κ2) is 6.35. The minimum Gasteiger partial charge on any atom is -0.443 e. The van der Waals surface area contributed by atoms with Gasteiger partial charge in [-0.3, -0.25) is 0 Å². The summed E-state index contributed by atoms with van der Waals surface area (Å²) in [6.45, 7) is 1.31. The Morgan fingerprint density at radius 2 is 2.22 bits per heavy atom. The molecule has 0 aliphatic carbocycles. The third kappa shape index (κ3) is 3.70. The molecule has 0 bridgehead atoms. The third-order valence-corrected chi connectivity index (χ3v) is 2.89. The summed E-state index contributed by atoms with van der Waals surface area (Å²) in [4.78, 5) is 11.5. The lowest BCUT2D eigenvalue weighted by Crippen LogP contribution is -2.45. The zero-order chi connectivity index (χ0) is 12.8. The van der Waals surface area contributed by atoms with Crippen LogP contribution in [0, 0.1) is 0 Å². The molecule has 18 heavy (non-hydrogen) atoms. The quantitative estimate of drug-likeness (QED) is 0.859. The molecule has 0 spiro atoms. The van der Waals surface area contributed by atoms with Crippen LogP contribution in [-0.2, 0) is 11.3 Å². The first-order valence-electron chi connectivity index (χ1n) is 6.09. The molecule has 2 unspecified atom stereocenters. The van der Waals surface area contributed by atoms with E-state index < -0.39 is 18.4 Å². The van der Waals surface area contributed by atoms with Crippen LogP contribution in [0.25, 0.3) is 0 Å². The lowest BCUT2D eigenvalue weighted by atomic mass is 10.1. The molecule has 5 heteroatoms. The molecule has 1 aliphatic heterocycles. The van der Waals surface area contributed by atoms with E-state index in [0.29, 0.717) is 19.5 Å². The predicted octanol–water partition coefficient (Wildman–Crippen LogP) is 1.61. The third-order valence-electron chi connectivity index (χ3n) is 2.89.